The minimum atomic E-state index is -3.39. The molecule has 0 radical (unpaired) electrons. The third-order valence-electron chi connectivity index (χ3n) is 2.13. The fourth-order valence-electron chi connectivity index (χ4n) is 1.37. The van der Waals surface area contributed by atoms with E-state index in [-0.39, 0.29) is 0 Å². The molecule has 15 heavy (non-hydrogen) atoms. The molecule has 0 aliphatic rings. The van der Waals surface area contributed by atoms with Gasteiger partial charge in [0.2, 0.25) is 10.0 Å². The molecule has 0 aliphatic heterocycles. The Balaban J connectivity index is 3.17. The van der Waals surface area contributed by atoms with Crippen LogP contribution in [-0.2, 0) is 10.0 Å². The normalized spacial score (nSPS) is 11.5. The van der Waals surface area contributed by atoms with Gasteiger partial charge in [0, 0.05) is 7.05 Å². The number of rotatable bonds is 3. The third-order valence-corrected chi connectivity index (χ3v) is 4.27. The summed E-state index contributed by atoms with van der Waals surface area (Å²) >= 11 is 5.39. The van der Waals surface area contributed by atoms with Crippen molar-refractivity contribution in [1.82, 2.24) is 0 Å². The van der Waals surface area contributed by atoms with E-state index < -0.39 is 15.2 Å². The highest BCUT2D eigenvalue weighted by molar-refractivity contribution is 7.93. The second kappa shape index (κ2) is 4.41. The quantitative estimate of drug-likeness (QED) is 0.769. The Morgan fingerprint density at radius 3 is 2.07 bits per heavy atom. The van der Waals surface area contributed by atoms with Crippen LogP contribution in [0.3, 0.4) is 0 Å². The SMILES string of the molecule is Cc1cc(C)cc(N(C)S(=O)(=O)CCl)c1. The van der Waals surface area contributed by atoms with E-state index in [2.05, 4.69) is 0 Å². The summed E-state index contributed by atoms with van der Waals surface area (Å²) in [5, 5.41) is -0.406. The van der Waals surface area contributed by atoms with Crippen molar-refractivity contribution < 1.29 is 8.42 Å². The molecule has 0 aromatic heterocycles. The summed E-state index contributed by atoms with van der Waals surface area (Å²) < 4.78 is 24.2. The molecule has 0 bridgehead atoms. The van der Waals surface area contributed by atoms with Crippen LogP contribution in [0, 0.1) is 13.8 Å². The zero-order valence-electron chi connectivity index (χ0n) is 8.99. The first-order chi connectivity index (χ1) is 6.86. The summed E-state index contributed by atoms with van der Waals surface area (Å²) in [7, 11) is -1.88. The lowest BCUT2D eigenvalue weighted by Crippen LogP contribution is -2.27. The molecule has 1 aromatic rings. The van der Waals surface area contributed by atoms with E-state index in [0.717, 1.165) is 11.1 Å². The Morgan fingerprint density at radius 1 is 1.20 bits per heavy atom. The summed E-state index contributed by atoms with van der Waals surface area (Å²) in [6.45, 7) is 3.86. The Morgan fingerprint density at radius 2 is 1.67 bits per heavy atom. The molecule has 84 valence electrons. The molecule has 1 rings (SSSR count). The van der Waals surface area contributed by atoms with Crippen LogP contribution in [0.2, 0.25) is 0 Å². The van der Waals surface area contributed by atoms with E-state index in [9.17, 15) is 8.42 Å². The Bertz CT molecular complexity index is 436. The lowest BCUT2D eigenvalue weighted by atomic mass is 10.1. The molecule has 0 N–H and O–H groups in total. The summed E-state index contributed by atoms with van der Waals surface area (Å²) in [6.07, 6.45) is 0. The Hall–Kier alpha value is -0.740. The van der Waals surface area contributed by atoms with E-state index >= 15 is 0 Å². The van der Waals surface area contributed by atoms with Gasteiger partial charge in [0.15, 0.2) is 0 Å². The maximum absolute atomic E-state index is 11.5. The Labute approximate surface area is 95.7 Å². The number of hydrogen-bond acceptors (Lipinski definition) is 2. The van der Waals surface area contributed by atoms with Crippen molar-refractivity contribution >= 4 is 27.3 Å². The lowest BCUT2D eigenvalue weighted by molar-refractivity contribution is 0.599. The fraction of sp³-hybridized carbons (Fsp3) is 0.400. The van der Waals surface area contributed by atoms with Gasteiger partial charge < -0.3 is 0 Å². The van der Waals surface area contributed by atoms with Gasteiger partial charge in [0.25, 0.3) is 0 Å². The Kier molecular flexibility index (Phi) is 3.62. The van der Waals surface area contributed by atoms with Gasteiger partial charge in [-0.2, -0.15) is 0 Å². The number of alkyl halides is 1. The first-order valence-corrected chi connectivity index (χ1v) is 6.62. The number of aryl methyl sites for hydroxylation is 2. The third kappa shape index (κ3) is 2.86. The predicted molar refractivity (Wildman–Crippen MR) is 64.0 cm³/mol. The standard InChI is InChI=1S/C10H14ClNO2S/c1-8-4-9(2)6-10(5-8)12(3)15(13,14)7-11/h4-6H,7H2,1-3H3. The van der Waals surface area contributed by atoms with Crippen LogP contribution < -0.4 is 4.31 Å². The maximum atomic E-state index is 11.5. The minimum Gasteiger partial charge on any atom is -0.272 e. The van der Waals surface area contributed by atoms with Crippen molar-refractivity contribution in [3.05, 3.63) is 29.3 Å². The van der Waals surface area contributed by atoms with Gasteiger partial charge in [-0.25, -0.2) is 8.42 Å². The van der Waals surface area contributed by atoms with Gasteiger partial charge in [0.05, 0.1) is 5.69 Å². The first kappa shape index (κ1) is 12.3. The summed E-state index contributed by atoms with van der Waals surface area (Å²) in [4.78, 5) is 0. The van der Waals surface area contributed by atoms with Crippen molar-refractivity contribution in [3.63, 3.8) is 0 Å². The number of hydrogen-bond donors (Lipinski definition) is 0. The highest BCUT2D eigenvalue weighted by Crippen LogP contribution is 2.20. The molecular formula is C10H14ClNO2S. The van der Waals surface area contributed by atoms with Crippen LogP contribution in [0.25, 0.3) is 0 Å². The topological polar surface area (TPSA) is 37.4 Å². The average molecular weight is 248 g/mol. The second-order valence-corrected chi connectivity index (χ2v) is 6.12. The van der Waals surface area contributed by atoms with Gasteiger partial charge in [-0.3, -0.25) is 4.31 Å². The molecule has 0 aliphatic carbocycles. The zero-order valence-corrected chi connectivity index (χ0v) is 10.6. The molecule has 3 nitrogen and oxygen atoms in total. The molecule has 0 unspecified atom stereocenters. The molecule has 0 saturated carbocycles. The maximum Gasteiger partial charge on any atom is 0.248 e. The van der Waals surface area contributed by atoms with Crippen LogP contribution in [0.4, 0.5) is 5.69 Å². The average Bonchev–Trinajstić information content (AvgIpc) is 2.15. The van der Waals surface area contributed by atoms with Crippen molar-refractivity contribution in [1.29, 1.82) is 0 Å². The van der Waals surface area contributed by atoms with E-state index in [4.69, 9.17) is 11.6 Å². The van der Waals surface area contributed by atoms with Crippen LogP contribution in [0.15, 0.2) is 18.2 Å². The predicted octanol–water partition coefficient (Wildman–Crippen LogP) is 2.27. The summed E-state index contributed by atoms with van der Waals surface area (Å²) in [5.74, 6) is 0. The van der Waals surface area contributed by atoms with Gasteiger partial charge >= 0.3 is 0 Å². The molecule has 0 saturated heterocycles. The van der Waals surface area contributed by atoms with Gasteiger partial charge in [-0.05, 0) is 37.1 Å². The minimum absolute atomic E-state index is 0.406. The number of nitrogens with zero attached hydrogens (tertiary/aromatic N) is 1. The molecular weight excluding hydrogens is 234 g/mol. The van der Waals surface area contributed by atoms with Crippen molar-refractivity contribution in [2.75, 3.05) is 16.6 Å². The molecule has 0 heterocycles. The van der Waals surface area contributed by atoms with Crippen LogP contribution in [-0.4, -0.2) is 20.7 Å². The van der Waals surface area contributed by atoms with Crippen LogP contribution >= 0.6 is 11.6 Å². The molecule has 1 aromatic carbocycles. The monoisotopic (exact) mass is 247 g/mol. The van der Waals surface area contributed by atoms with Crippen molar-refractivity contribution in [2.45, 2.75) is 13.8 Å². The van der Waals surface area contributed by atoms with Crippen molar-refractivity contribution in [2.24, 2.45) is 0 Å². The van der Waals surface area contributed by atoms with Gasteiger partial charge in [-0.15, -0.1) is 11.6 Å². The van der Waals surface area contributed by atoms with E-state index in [1.165, 1.54) is 11.4 Å². The number of halogens is 1. The second-order valence-electron chi connectivity index (χ2n) is 3.53. The van der Waals surface area contributed by atoms with E-state index in [1.807, 2.05) is 32.0 Å². The number of anilines is 1. The van der Waals surface area contributed by atoms with Gasteiger partial charge in [-0.1, -0.05) is 6.07 Å². The van der Waals surface area contributed by atoms with E-state index in [1.54, 1.807) is 0 Å². The lowest BCUT2D eigenvalue weighted by Gasteiger charge is -2.18. The van der Waals surface area contributed by atoms with Crippen molar-refractivity contribution in [3.8, 4) is 0 Å². The van der Waals surface area contributed by atoms with Crippen LogP contribution in [0.5, 0.6) is 0 Å². The largest absolute Gasteiger partial charge is 0.272 e. The van der Waals surface area contributed by atoms with Crippen LogP contribution in [0.1, 0.15) is 11.1 Å². The summed E-state index contributed by atoms with van der Waals surface area (Å²) in [6, 6.07) is 5.62. The highest BCUT2D eigenvalue weighted by Gasteiger charge is 2.16. The van der Waals surface area contributed by atoms with Gasteiger partial charge in [0.1, 0.15) is 5.21 Å². The number of benzene rings is 1. The highest BCUT2D eigenvalue weighted by atomic mass is 35.5. The van der Waals surface area contributed by atoms with E-state index in [0.29, 0.717) is 5.69 Å². The summed E-state index contributed by atoms with van der Waals surface area (Å²) in [5.41, 5.74) is 2.70. The molecule has 5 heteroatoms. The molecule has 0 fully saturated rings. The number of sulfonamides is 1. The zero-order chi connectivity index (χ0) is 11.6. The fourth-order valence-corrected chi connectivity index (χ4v) is 2.38. The molecule has 0 spiro atoms. The first-order valence-electron chi connectivity index (χ1n) is 4.47. The molecule has 0 atom stereocenters. The smallest absolute Gasteiger partial charge is 0.248 e. The molecule has 0 amide bonds.